The van der Waals surface area contributed by atoms with Gasteiger partial charge in [0, 0.05) is 19.6 Å². The largest absolute Gasteiger partial charge is 0.415 e. The number of amides is 2. The van der Waals surface area contributed by atoms with Crippen LogP contribution in [-0.4, -0.2) is 80.5 Å². The number of carbonyl (C=O) groups excluding carboxylic acids is 2. The Morgan fingerprint density at radius 3 is 2.50 bits per heavy atom. The van der Waals surface area contributed by atoms with E-state index in [9.17, 15) is 9.59 Å². The van der Waals surface area contributed by atoms with Gasteiger partial charge in [0.15, 0.2) is 5.69 Å². The summed E-state index contributed by atoms with van der Waals surface area (Å²) in [5.41, 5.74) is 9.33. The second kappa shape index (κ2) is 11.0. The molecule has 3 aromatic rings. The van der Waals surface area contributed by atoms with Crippen LogP contribution in [0.3, 0.4) is 0 Å². The maximum atomic E-state index is 12.7. The number of carbonyl (C=O) groups is 2. The Bertz CT molecular complexity index is 1150. The third kappa shape index (κ3) is 5.72. The highest BCUT2D eigenvalue weighted by atomic mass is 16.6. The van der Waals surface area contributed by atoms with Gasteiger partial charge in [-0.2, -0.15) is 9.78 Å². The van der Waals surface area contributed by atoms with E-state index in [4.69, 9.17) is 10.5 Å². The third-order valence-electron chi connectivity index (χ3n) is 4.63. The van der Waals surface area contributed by atoms with Crippen LogP contribution < -0.4 is 15.9 Å². The molecule has 0 radical (unpaired) electrons. The topological polar surface area (TPSA) is 170 Å². The van der Waals surface area contributed by atoms with Gasteiger partial charge in [-0.15, -0.1) is 5.10 Å². The second-order valence-corrected chi connectivity index (χ2v) is 7.32. The SMILES string of the molecule is CCN(CC)C(=O)Oc1ccc(/C=N/NC(=O)c2nnn(-c3nonc3N)c2CN(C)C)cc1. The van der Waals surface area contributed by atoms with Gasteiger partial charge in [-0.25, -0.2) is 14.8 Å². The molecule has 0 bridgehead atoms. The summed E-state index contributed by atoms with van der Waals surface area (Å²) in [6.07, 6.45) is 1.03. The number of nitrogens with zero attached hydrogens (tertiary/aromatic N) is 8. The molecular weight excluding hydrogens is 444 g/mol. The number of aromatic nitrogens is 5. The molecule has 0 fully saturated rings. The summed E-state index contributed by atoms with van der Waals surface area (Å²) in [4.78, 5) is 28.1. The molecule has 0 unspecified atom stereocenters. The van der Waals surface area contributed by atoms with E-state index in [1.165, 1.54) is 10.9 Å². The van der Waals surface area contributed by atoms with E-state index in [0.29, 0.717) is 36.6 Å². The van der Waals surface area contributed by atoms with E-state index in [2.05, 4.69) is 35.8 Å². The van der Waals surface area contributed by atoms with Crippen LogP contribution in [0.25, 0.3) is 5.82 Å². The molecule has 14 heteroatoms. The normalized spacial score (nSPS) is 11.2. The summed E-state index contributed by atoms with van der Waals surface area (Å²) in [5.74, 6) is -0.0152. The molecule has 0 atom stereocenters. The van der Waals surface area contributed by atoms with Gasteiger partial charge in [0.2, 0.25) is 11.6 Å². The predicted molar refractivity (Wildman–Crippen MR) is 121 cm³/mol. The first-order valence-corrected chi connectivity index (χ1v) is 10.4. The van der Waals surface area contributed by atoms with Crippen molar-refractivity contribution in [2.45, 2.75) is 20.4 Å². The van der Waals surface area contributed by atoms with Crippen molar-refractivity contribution in [3.8, 4) is 11.6 Å². The highest BCUT2D eigenvalue weighted by Gasteiger charge is 2.24. The number of hydrazone groups is 1. The molecular formula is C20H26N10O4. The maximum Gasteiger partial charge on any atom is 0.415 e. The van der Waals surface area contributed by atoms with Crippen LogP contribution >= 0.6 is 0 Å². The van der Waals surface area contributed by atoms with Crippen molar-refractivity contribution < 1.29 is 19.0 Å². The van der Waals surface area contributed by atoms with Crippen molar-refractivity contribution in [3.63, 3.8) is 0 Å². The summed E-state index contributed by atoms with van der Waals surface area (Å²) >= 11 is 0. The number of rotatable bonds is 9. The highest BCUT2D eigenvalue weighted by molar-refractivity contribution is 5.94. The van der Waals surface area contributed by atoms with Gasteiger partial charge in [0.25, 0.3) is 5.91 Å². The van der Waals surface area contributed by atoms with Gasteiger partial charge in [-0.1, -0.05) is 5.21 Å². The van der Waals surface area contributed by atoms with Crippen LogP contribution in [0.1, 0.15) is 35.6 Å². The monoisotopic (exact) mass is 470 g/mol. The molecule has 180 valence electrons. The summed E-state index contributed by atoms with van der Waals surface area (Å²) in [6, 6.07) is 6.69. The van der Waals surface area contributed by atoms with Crippen molar-refractivity contribution in [1.82, 2.24) is 40.5 Å². The molecule has 3 rings (SSSR count). The molecule has 0 aliphatic rings. The predicted octanol–water partition coefficient (Wildman–Crippen LogP) is 0.899. The molecule has 2 amide bonds. The molecule has 1 aromatic carbocycles. The average molecular weight is 470 g/mol. The number of nitrogens with one attached hydrogen (secondary N) is 1. The second-order valence-electron chi connectivity index (χ2n) is 7.32. The van der Waals surface area contributed by atoms with Crippen molar-refractivity contribution in [3.05, 3.63) is 41.2 Å². The number of benzene rings is 1. The van der Waals surface area contributed by atoms with Crippen LogP contribution in [0.15, 0.2) is 34.0 Å². The minimum absolute atomic E-state index is 0.0149. The van der Waals surface area contributed by atoms with E-state index in [-0.39, 0.29) is 17.3 Å². The smallest absolute Gasteiger partial charge is 0.410 e. The zero-order valence-electron chi connectivity index (χ0n) is 19.3. The first kappa shape index (κ1) is 24.3. The van der Waals surface area contributed by atoms with Crippen molar-refractivity contribution in [2.75, 3.05) is 32.9 Å². The number of ether oxygens (including phenoxy) is 1. The fourth-order valence-corrected chi connectivity index (χ4v) is 2.91. The van der Waals surface area contributed by atoms with Gasteiger partial charge >= 0.3 is 6.09 Å². The highest BCUT2D eigenvalue weighted by Crippen LogP contribution is 2.17. The average Bonchev–Trinajstić information content (AvgIpc) is 3.41. The Morgan fingerprint density at radius 2 is 1.91 bits per heavy atom. The van der Waals surface area contributed by atoms with E-state index in [1.54, 1.807) is 29.2 Å². The summed E-state index contributed by atoms with van der Waals surface area (Å²) < 4.78 is 11.2. The fourth-order valence-electron chi connectivity index (χ4n) is 2.91. The minimum atomic E-state index is -0.570. The standard InChI is InChI=1S/C20H26N10O4/c1-5-29(6-2)20(32)33-14-9-7-13(8-10-14)11-22-24-19(31)16-15(12-28(3)4)30(27-23-16)18-17(21)25-34-26-18/h7-11H,5-6,12H2,1-4H3,(H2,21,25)(H,24,31)/b22-11+. The van der Waals surface area contributed by atoms with Gasteiger partial charge in [-0.05, 0) is 68.1 Å². The van der Waals surface area contributed by atoms with Gasteiger partial charge in [0.1, 0.15) is 5.75 Å². The zero-order chi connectivity index (χ0) is 24.7. The minimum Gasteiger partial charge on any atom is -0.410 e. The fraction of sp³-hybridized carbons (Fsp3) is 0.350. The van der Waals surface area contributed by atoms with Gasteiger partial charge in [-0.3, -0.25) is 4.79 Å². The summed E-state index contributed by atoms with van der Waals surface area (Å²) in [6.45, 7) is 5.20. The number of hydrogen-bond donors (Lipinski definition) is 2. The molecule has 14 nitrogen and oxygen atoms in total. The molecule has 34 heavy (non-hydrogen) atoms. The lowest BCUT2D eigenvalue weighted by Gasteiger charge is -2.17. The maximum absolute atomic E-state index is 12.7. The molecule has 2 heterocycles. The van der Waals surface area contributed by atoms with E-state index in [0.717, 1.165) is 0 Å². The molecule has 0 spiro atoms. The number of nitrogens with two attached hydrogens (primary N) is 1. The van der Waals surface area contributed by atoms with Crippen LogP contribution in [0.5, 0.6) is 5.75 Å². The number of nitrogen functional groups attached to an aromatic ring is 1. The van der Waals surface area contributed by atoms with E-state index in [1.807, 2.05) is 32.8 Å². The number of hydrogen-bond acceptors (Lipinski definition) is 11. The first-order valence-electron chi connectivity index (χ1n) is 10.4. The lowest BCUT2D eigenvalue weighted by molar-refractivity contribution is 0.0948. The molecule has 2 aromatic heterocycles. The Hall–Kier alpha value is -4.33. The van der Waals surface area contributed by atoms with Gasteiger partial charge in [0.05, 0.1) is 11.9 Å². The third-order valence-corrected chi connectivity index (χ3v) is 4.63. The van der Waals surface area contributed by atoms with Crippen LogP contribution in [0, 0.1) is 0 Å². The van der Waals surface area contributed by atoms with Gasteiger partial charge < -0.3 is 20.3 Å². The summed E-state index contributed by atoms with van der Waals surface area (Å²) in [5, 5.41) is 19.1. The molecule has 3 N–H and O–H groups in total. The lowest BCUT2D eigenvalue weighted by atomic mass is 10.2. The molecule has 0 saturated carbocycles. The molecule has 0 aliphatic heterocycles. The summed E-state index contributed by atoms with van der Waals surface area (Å²) in [7, 11) is 3.65. The van der Waals surface area contributed by atoms with Crippen LogP contribution in [0.4, 0.5) is 10.6 Å². The molecule has 0 saturated heterocycles. The van der Waals surface area contributed by atoms with E-state index >= 15 is 0 Å². The Balaban J connectivity index is 1.67. The van der Waals surface area contributed by atoms with E-state index < -0.39 is 12.0 Å². The first-order chi connectivity index (χ1) is 16.3. The Kier molecular flexibility index (Phi) is 7.87. The van der Waals surface area contributed by atoms with Crippen LogP contribution in [-0.2, 0) is 6.54 Å². The quantitative estimate of drug-likeness (QED) is 0.338. The zero-order valence-corrected chi connectivity index (χ0v) is 19.3. The van der Waals surface area contributed by atoms with Crippen LogP contribution in [0.2, 0.25) is 0 Å². The Morgan fingerprint density at radius 1 is 1.21 bits per heavy atom. The molecule has 0 aliphatic carbocycles. The van der Waals surface area contributed by atoms with Crippen molar-refractivity contribution in [2.24, 2.45) is 5.10 Å². The Labute approximate surface area is 195 Å². The van der Waals surface area contributed by atoms with Crippen molar-refractivity contribution in [1.29, 1.82) is 0 Å². The lowest BCUT2D eigenvalue weighted by Crippen LogP contribution is -2.33. The van der Waals surface area contributed by atoms with Crippen molar-refractivity contribution >= 4 is 24.0 Å². The number of anilines is 1.